The van der Waals surface area contributed by atoms with E-state index >= 15 is 0 Å². The highest BCUT2D eigenvalue weighted by Gasteiger charge is 2.19. The monoisotopic (exact) mass is 264 g/mol. The summed E-state index contributed by atoms with van der Waals surface area (Å²) in [6, 6.07) is 0. The number of carbonyl (C=O) groups is 1. The van der Waals surface area contributed by atoms with E-state index in [-0.39, 0.29) is 24.2 Å². The predicted molar refractivity (Wildman–Crippen MR) is 71.6 cm³/mol. The fourth-order valence-electron chi connectivity index (χ4n) is 1.82. The van der Waals surface area contributed by atoms with Crippen LogP contribution < -0.4 is 10.6 Å². The summed E-state index contributed by atoms with van der Waals surface area (Å²) in [5, 5.41) is 6.19. The van der Waals surface area contributed by atoms with E-state index < -0.39 is 0 Å². The largest absolute Gasteiger partial charge is 0.380 e. The number of amides is 1. The zero-order chi connectivity index (χ0) is 11.6. The van der Waals surface area contributed by atoms with Gasteiger partial charge in [0.05, 0.1) is 6.61 Å². The van der Waals surface area contributed by atoms with Crippen LogP contribution in [-0.4, -0.2) is 38.8 Å². The fraction of sp³-hybridized carbons (Fsp3) is 0.917. The minimum atomic E-state index is 0. The van der Waals surface area contributed by atoms with E-state index in [2.05, 4.69) is 17.6 Å². The van der Waals surface area contributed by atoms with Gasteiger partial charge < -0.3 is 15.4 Å². The van der Waals surface area contributed by atoms with E-state index in [0.717, 1.165) is 45.4 Å². The first-order chi connectivity index (χ1) is 7.84. The third kappa shape index (κ3) is 7.58. The Balaban J connectivity index is 0.00000256. The summed E-state index contributed by atoms with van der Waals surface area (Å²) >= 11 is 0. The highest BCUT2D eigenvalue weighted by Crippen LogP contribution is 2.10. The third-order valence-electron chi connectivity index (χ3n) is 2.90. The molecule has 4 nitrogen and oxygen atoms in total. The van der Waals surface area contributed by atoms with E-state index in [1.807, 2.05) is 0 Å². The molecule has 1 rings (SSSR count). The molecule has 102 valence electrons. The maximum Gasteiger partial charge on any atom is 0.223 e. The molecule has 0 saturated carbocycles. The molecule has 5 heteroatoms. The van der Waals surface area contributed by atoms with E-state index in [4.69, 9.17) is 4.74 Å². The van der Waals surface area contributed by atoms with Crippen LogP contribution in [0.2, 0.25) is 0 Å². The van der Waals surface area contributed by atoms with Crippen molar-refractivity contribution in [3.05, 3.63) is 0 Å². The Labute approximate surface area is 110 Å². The molecule has 0 aromatic rings. The van der Waals surface area contributed by atoms with Crippen LogP contribution in [0, 0.1) is 5.92 Å². The first-order valence-corrected chi connectivity index (χ1v) is 6.40. The topological polar surface area (TPSA) is 50.4 Å². The SMILES string of the molecule is CCCCOCCNC(=O)C1CCNCC1.Cl. The standard InChI is InChI=1S/C12H24N2O2.ClH/c1-2-3-9-16-10-8-14-12(15)11-4-6-13-7-5-11;/h11,13H,2-10H2,1H3,(H,14,15);1H. The molecular formula is C12H25ClN2O2. The highest BCUT2D eigenvalue weighted by molar-refractivity contribution is 5.85. The summed E-state index contributed by atoms with van der Waals surface area (Å²) in [6.07, 6.45) is 4.18. The summed E-state index contributed by atoms with van der Waals surface area (Å²) < 4.78 is 5.38. The van der Waals surface area contributed by atoms with Gasteiger partial charge in [0.15, 0.2) is 0 Å². The van der Waals surface area contributed by atoms with Crippen LogP contribution in [-0.2, 0) is 9.53 Å². The van der Waals surface area contributed by atoms with Crippen molar-refractivity contribution in [2.24, 2.45) is 5.92 Å². The molecule has 0 aromatic heterocycles. The van der Waals surface area contributed by atoms with Gasteiger partial charge >= 0.3 is 0 Å². The van der Waals surface area contributed by atoms with Crippen molar-refractivity contribution in [2.75, 3.05) is 32.8 Å². The van der Waals surface area contributed by atoms with Gasteiger partial charge in [-0.1, -0.05) is 13.3 Å². The lowest BCUT2D eigenvalue weighted by molar-refractivity contribution is -0.125. The summed E-state index contributed by atoms with van der Waals surface area (Å²) in [5.41, 5.74) is 0. The van der Waals surface area contributed by atoms with Crippen LogP contribution in [0.15, 0.2) is 0 Å². The molecule has 1 saturated heterocycles. The second-order valence-corrected chi connectivity index (χ2v) is 4.28. The summed E-state index contributed by atoms with van der Waals surface area (Å²) in [6.45, 7) is 6.15. The number of ether oxygens (including phenoxy) is 1. The number of hydrogen-bond donors (Lipinski definition) is 2. The average molecular weight is 265 g/mol. The Morgan fingerprint density at radius 2 is 2.06 bits per heavy atom. The third-order valence-corrected chi connectivity index (χ3v) is 2.90. The minimum Gasteiger partial charge on any atom is -0.380 e. The van der Waals surface area contributed by atoms with Crippen molar-refractivity contribution in [2.45, 2.75) is 32.6 Å². The van der Waals surface area contributed by atoms with Crippen molar-refractivity contribution in [1.29, 1.82) is 0 Å². The Morgan fingerprint density at radius 3 is 2.71 bits per heavy atom. The Hall–Kier alpha value is -0.320. The van der Waals surface area contributed by atoms with Crippen LogP contribution in [0.1, 0.15) is 32.6 Å². The molecule has 0 spiro atoms. The van der Waals surface area contributed by atoms with Gasteiger partial charge in [-0.25, -0.2) is 0 Å². The lowest BCUT2D eigenvalue weighted by Crippen LogP contribution is -2.39. The number of nitrogens with one attached hydrogen (secondary N) is 2. The van der Waals surface area contributed by atoms with E-state index in [1.165, 1.54) is 0 Å². The molecule has 0 unspecified atom stereocenters. The Kier molecular flexibility index (Phi) is 10.6. The van der Waals surface area contributed by atoms with Crippen molar-refractivity contribution in [1.82, 2.24) is 10.6 Å². The normalized spacial score (nSPS) is 16.3. The molecule has 0 aromatic carbocycles. The number of rotatable bonds is 7. The number of carbonyl (C=O) groups excluding carboxylic acids is 1. The number of piperidine rings is 1. The Morgan fingerprint density at radius 1 is 1.35 bits per heavy atom. The zero-order valence-corrected chi connectivity index (χ0v) is 11.5. The average Bonchev–Trinajstić information content (AvgIpc) is 2.34. The van der Waals surface area contributed by atoms with Crippen LogP contribution in [0.4, 0.5) is 0 Å². The molecule has 17 heavy (non-hydrogen) atoms. The maximum atomic E-state index is 11.7. The van der Waals surface area contributed by atoms with Gasteiger partial charge in [-0.05, 0) is 32.4 Å². The first kappa shape index (κ1) is 16.7. The van der Waals surface area contributed by atoms with Gasteiger partial charge in [0.1, 0.15) is 0 Å². The molecule has 0 atom stereocenters. The molecular weight excluding hydrogens is 240 g/mol. The lowest BCUT2D eigenvalue weighted by Gasteiger charge is -2.21. The molecule has 1 heterocycles. The second-order valence-electron chi connectivity index (χ2n) is 4.28. The van der Waals surface area contributed by atoms with E-state index in [9.17, 15) is 4.79 Å². The molecule has 2 N–H and O–H groups in total. The number of halogens is 1. The van der Waals surface area contributed by atoms with Crippen molar-refractivity contribution in [3.8, 4) is 0 Å². The van der Waals surface area contributed by atoms with Gasteiger partial charge in [0.2, 0.25) is 5.91 Å². The van der Waals surface area contributed by atoms with Gasteiger partial charge in [0.25, 0.3) is 0 Å². The molecule has 1 aliphatic rings. The predicted octanol–water partition coefficient (Wildman–Crippen LogP) is 1.34. The zero-order valence-electron chi connectivity index (χ0n) is 10.7. The fourth-order valence-corrected chi connectivity index (χ4v) is 1.82. The molecule has 0 bridgehead atoms. The highest BCUT2D eigenvalue weighted by atomic mass is 35.5. The molecule has 1 fully saturated rings. The number of hydrogen-bond acceptors (Lipinski definition) is 3. The van der Waals surface area contributed by atoms with Crippen molar-refractivity contribution >= 4 is 18.3 Å². The Bertz CT molecular complexity index is 197. The van der Waals surface area contributed by atoms with Crippen LogP contribution in [0.3, 0.4) is 0 Å². The maximum absolute atomic E-state index is 11.7. The first-order valence-electron chi connectivity index (χ1n) is 6.40. The van der Waals surface area contributed by atoms with Crippen LogP contribution >= 0.6 is 12.4 Å². The van der Waals surface area contributed by atoms with Gasteiger partial charge in [-0.3, -0.25) is 4.79 Å². The number of unbranched alkanes of at least 4 members (excludes halogenated alkanes) is 1. The minimum absolute atomic E-state index is 0. The van der Waals surface area contributed by atoms with Gasteiger partial charge in [-0.2, -0.15) is 0 Å². The van der Waals surface area contributed by atoms with Gasteiger partial charge in [-0.15, -0.1) is 12.4 Å². The van der Waals surface area contributed by atoms with Crippen molar-refractivity contribution < 1.29 is 9.53 Å². The van der Waals surface area contributed by atoms with Crippen molar-refractivity contribution in [3.63, 3.8) is 0 Å². The summed E-state index contributed by atoms with van der Waals surface area (Å²) in [5.74, 6) is 0.400. The molecule has 1 aliphatic heterocycles. The smallest absolute Gasteiger partial charge is 0.223 e. The summed E-state index contributed by atoms with van der Waals surface area (Å²) in [4.78, 5) is 11.7. The van der Waals surface area contributed by atoms with Gasteiger partial charge in [0, 0.05) is 19.1 Å². The van der Waals surface area contributed by atoms with E-state index in [1.54, 1.807) is 0 Å². The van der Waals surface area contributed by atoms with E-state index in [0.29, 0.717) is 13.2 Å². The quantitative estimate of drug-likeness (QED) is 0.683. The summed E-state index contributed by atoms with van der Waals surface area (Å²) in [7, 11) is 0. The van der Waals surface area contributed by atoms with Crippen LogP contribution in [0.5, 0.6) is 0 Å². The molecule has 0 radical (unpaired) electrons. The molecule has 0 aliphatic carbocycles. The van der Waals surface area contributed by atoms with Crippen LogP contribution in [0.25, 0.3) is 0 Å². The lowest BCUT2D eigenvalue weighted by atomic mass is 9.97. The molecule has 1 amide bonds. The second kappa shape index (κ2) is 10.8.